The summed E-state index contributed by atoms with van der Waals surface area (Å²) in [5.41, 5.74) is 5.24. The third kappa shape index (κ3) is 3.87. The molecule has 0 bridgehead atoms. The second-order valence-corrected chi connectivity index (χ2v) is 8.18. The van der Waals surface area contributed by atoms with Gasteiger partial charge in [-0.15, -0.1) is 0 Å². The Labute approximate surface area is 186 Å². The zero-order chi connectivity index (χ0) is 22.1. The molecule has 2 aromatic carbocycles. The van der Waals surface area contributed by atoms with E-state index in [2.05, 4.69) is 10.3 Å². The van der Waals surface area contributed by atoms with Crippen LogP contribution >= 0.6 is 0 Å². The minimum absolute atomic E-state index is 0.0966. The highest BCUT2D eigenvalue weighted by Crippen LogP contribution is 2.24. The number of hydrogen-bond donors (Lipinski definition) is 1. The zero-order valence-corrected chi connectivity index (χ0v) is 17.9. The van der Waals surface area contributed by atoms with Crippen LogP contribution in [-0.2, 0) is 4.79 Å². The van der Waals surface area contributed by atoms with Crippen LogP contribution in [0.4, 0.5) is 5.69 Å². The number of anilines is 1. The van der Waals surface area contributed by atoms with Crippen molar-refractivity contribution in [3.63, 3.8) is 0 Å². The van der Waals surface area contributed by atoms with Gasteiger partial charge in [-0.1, -0.05) is 30.3 Å². The van der Waals surface area contributed by atoms with Gasteiger partial charge in [-0.3, -0.25) is 9.59 Å². The molecule has 1 atom stereocenters. The Balaban J connectivity index is 1.29. The van der Waals surface area contributed by atoms with E-state index in [1.807, 2.05) is 78.3 Å². The summed E-state index contributed by atoms with van der Waals surface area (Å²) in [4.78, 5) is 32.2. The topological polar surface area (TPSA) is 66.7 Å². The summed E-state index contributed by atoms with van der Waals surface area (Å²) in [6.07, 6.45) is 5.49. The molecular weight excluding hydrogens is 400 g/mol. The van der Waals surface area contributed by atoms with E-state index in [9.17, 15) is 9.59 Å². The van der Waals surface area contributed by atoms with Gasteiger partial charge < -0.3 is 14.6 Å². The Hall–Kier alpha value is -3.93. The molecule has 4 aromatic rings. The van der Waals surface area contributed by atoms with E-state index in [0.717, 1.165) is 23.3 Å². The molecule has 1 aliphatic rings. The summed E-state index contributed by atoms with van der Waals surface area (Å²) in [6.45, 7) is 2.64. The highest BCUT2D eigenvalue weighted by Gasteiger charge is 2.34. The van der Waals surface area contributed by atoms with Crippen molar-refractivity contribution in [3.8, 4) is 11.3 Å². The molecule has 0 saturated carbocycles. The lowest BCUT2D eigenvalue weighted by molar-refractivity contribution is -0.119. The summed E-state index contributed by atoms with van der Waals surface area (Å²) >= 11 is 0. The molecule has 0 aliphatic carbocycles. The molecule has 160 valence electrons. The summed E-state index contributed by atoms with van der Waals surface area (Å²) < 4.78 is 2.00. The minimum atomic E-state index is -0.455. The van der Waals surface area contributed by atoms with Gasteiger partial charge in [0.05, 0.1) is 5.69 Å². The fourth-order valence-corrected chi connectivity index (χ4v) is 4.20. The van der Waals surface area contributed by atoms with Gasteiger partial charge in [-0.05, 0) is 61.7 Å². The van der Waals surface area contributed by atoms with Crippen LogP contribution in [0.25, 0.3) is 16.9 Å². The summed E-state index contributed by atoms with van der Waals surface area (Å²) in [5, 5.41) is 2.97. The van der Waals surface area contributed by atoms with Crippen LogP contribution in [0.5, 0.6) is 0 Å². The van der Waals surface area contributed by atoms with Gasteiger partial charge in [0.2, 0.25) is 5.91 Å². The molecule has 32 heavy (non-hydrogen) atoms. The van der Waals surface area contributed by atoms with Crippen molar-refractivity contribution in [2.45, 2.75) is 25.8 Å². The van der Waals surface area contributed by atoms with Gasteiger partial charge >= 0.3 is 0 Å². The van der Waals surface area contributed by atoms with Gasteiger partial charge in [0.1, 0.15) is 11.7 Å². The first-order valence-corrected chi connectivity index (χ1v) is 10.8. The van der Waals surface area contributed by atoms with Crippen molar-refractivity contribution in [2.24, 2.45) is 0 Å². The van der Waals surface area contributed by atoms with Crippen LogP contribution in [0.2, 0.25) is 0 Å². The molecule has 6 heteroatoms. The van der Waals surface area contributed by atoms with E-state index in [0.29, 0.717) is 24.2 Å². The number of carbonyl (C=O) groups is 2. The number of carbonyl (C=O) groups excluding carboxylic acids is 2. The number of rotatable bonds is 4. The predicted molar refractivity (Wildman–Crippen MR) is 124 cm³/mol. The van der Waals surface area contributed by atoms with E-state index < -0.39 is 6.04 Å². The number of pyridine rings is 1. The number of likely N-dealkylation sites (tertiary alicyclic amines) is 1. The third-order valence-corrected chi connectivity index (χ3v) is 5.90. The van der Waals surface area contributed by atoms with Gasteiger partial charge in [0.25, 0.3) is 5.91 Å². The maximum Gasteiger partial charge on any atom is 0.254 e. The Kier molecular flexibility index (Phi) is 5.19. The lowest BCUT2D eigenvalue weighted by Gasteiger charge is -2.24. The zero-order valence-electron chi connectivity index (χ0n) is 17.9. The minimum Gasteiger partial charge on any atom is -0.327 e. The fourth-order valence-electron chi connectivity index (χ4n) is 4.20. The molecule has 2 amide bonds. The number of benzene rings is 2. The normalized spacial score (nSPS) is 15.8. The summed E-state index contributed by atoms with van der Waals surface area (Å²) in [5.74, 6) is -0.247. The highest BCUT2D eigenvalue weighted by molar-refractivity contribution is 6.01. The Bertz CT molecular complexity index is 1280. The van der Waals surface area contributed by atoms with Crippen molar-refractivity contribution >= 4 is 23.1 Å². The Morgan fingerprint density at radius 3 is 2.59 bits per heavy atom. The molecule has 0 radical (unpaired) electrons. The number of fused-ring (bicyclic) bond motifs is 1. The molecule has 3 heterocycles. The van der Waals surface area contributed by atoms with Crippen molar-refractivity contribution < 1.29 is 9.59 Å². The fraction of sp³-hybridized carbons (Fsp3) is 0.192. The number of nitrogens with zero attached hydrogens (tertiary/aromatic N) is 3. The molecule has 1 saturated heterocycles. The van der Waals surface area contributed by atoms with Crippen LogP contribution in [-0.4, -0.2) is 38.7 Å². The molecule has 5 rings (SSSR count). The van der Waals surface area contributed by atoms with Gasteiger partial charge in [0, 0.05) is 35.8 Å². The van der Waals surface area contributed by atoms with E-state index in [4.69, 9.17) is 0 Å². The molecular formula is C26H24N4O2. The Morgan fingerprint density at radius 2 is 1.81 bits per heavy atom. The molecule has 1 N–H and O–H groups in total. The standard InChI is InChI=1S/C26H24N4O2/c1-18-13-15-29-17-22(28-24(29)16-18)19-9-11-21(12-10-19)27-25(31)23-8-5-14-30(23)26(32)20-6-3-2-4-7-20/h2-4,6-7,9-13,15-17,23H,5,8,14H2,1H3,(H,27,31). The molecule has 6 nitrogen and oxygen atoms in total. The molecule has 0 spiro atoms. The smallest absolute Gasteiger partial charge is 0.254 e. The first-order valence-electron chi connectivity index (χ1n) is 10.8. The van der Waals surface area contributed by atoms with Crippen LogP contribution < -0.4 is 5.32 Å². The lowest BCUT2D eigenvalue weighted by Crippen LogP contribution is -2.43. The Morgan fingerprint density at radius 1 is 1.03 bits per heavy atom. The third-order valence-electron chi connectivity index (χ3n) is 5.90. The second kappa shape index (κ2) is 8.30. The van der Waals surface area contributed by atoms with Crippen LogP contribution in [0, 0.1) is 6.92 Å². The summed E-state index contributed by atoms with van der Waals surface area (Å²) in [6, 6.07) is 20.4. The van der Waals surface area contributed by atoms with Crippen molar-refractivity contribution in [3.05, 3.63) is 90.3 Å². The van der Waals surface area contributed by atoms with Crippen molar-refractivity contribution in [1.82, 2.24) is 14.3 Å². The first kappa shape index (κ1) is 20.0. The van der Waals surface area contributed by atoms with Crippen molar-refractivity contribution in [2.75, 3.05) is 11.9 Å². The van der Waals surface area contributed by atoms with E-state index in [-0.39, 0.29) is 11.8 Å². The second-order valence-electron chi connectivity index (χ2n) is 8.18. The number of hydrogen-bond acceptors (Lipinski definition) is 3. The number of amides is 2. The molecule has 2 aromatic heterocycles. The molecule has 1 fully saturated rings. The average Bonchev–Trinajstić information content (AvgIpc) is 3.47. The maximum absolute atomic E-state index is 12.9. The number of aromatic nitrogens is 2. The van der Waals surface area contributed by atoms with Crippen LogP contribution in [0.3, 0.4) is 0 Å². The molecule has 1 aliphatic heterocycles. The van der Waals surface area contributed by atoms with E-state index in [1.54, 1.807) is 17.0 Å². The van der Waals surface area contributed by atoms with Gasteiger partial charge in [-0.25, -0.2) is 4.98 Å². The van der Waals surface area contributed by atoms with Crippen LogP contribution in [0.15, 0.2) is 79.1 Å². The predicted octanol–water partition coefficient (Wildman–Crippen LogP) is 4.55. The largest absolute Gasteiger partial charge is 0.327 e. The average molecular weight is 425 g/mol. The number of aryl methyl sites for hydroxylation is 1. The van der Waals surface area contributed by atoms with Crippen molar-refractivity contribution in [1.29, 1.82) is 0 Å². The number of imidazole rings is 1. The van der Waals surface area contributed by atoms with E-state index in [1.165, 1.54) is 5.56 Å². The van der Waals surface area contributed by atoms with Crippen LogP contribution in [0.1, 0.15) is 28.8 Å². The SMILES string of the molecule is Cc1ccn2cc(-c3ccc(NC(=O)C4CCCN4C(=O)c4ccccc4)cc3)nc2c1. The van der Waals surface area contributed by atoms with E-state index >= 15 is 0 Å². The summed E-state index contributed by atoms with van der Waals surface area (Å²) in [7, 11) is 0. The quantitative estimate of drug-likeness (QED) is 0.523. The monoisotopic (exact) mass is 424 g/mol. The van der Waals surface area contributed by atoms with Gasteiger partial charge in [0.15, 0.2) is 0 Å². The molecule has 1 unspecified atom stereocenters. The lowest BCUT2D eigenvalue weighted by atomic mass is 10.1. The highest BCUT2D eigenvalue weighted by atomic mass is 16.2. The first-order chi connectivity index (χ1) is 15.6. The maximum atomic E-state index is 12.9. The van der Waals surface area contributed by atoms with Gasteiger partial charge in [-0.2, -0.15) is 0 Å². The number of nitrogens with one attached hydrogen (secondary N) is 1.